The van der Waals surface area contributed by atoms with Crippen molar-refractivity contribution in [2.45, 2.75) is 25.3 Å². The van der Waals surface area contributed by atoms with Crippen molar-refractivity contribution in [2.24, 2.45) is 0 Å². The summed E-state index contributed by atoms with van der Waals surface area (Å²) in [5, 5.41) is 0. The van der Waals surface area contributed by atoms with E-state index in [-0.39, 0.29) is 11.9 Å². The molecule has 1 unspecified atom stereocenters. The summed E-state index contributed by atoms with van der Waals surface area (Å²) in [6.07, 6.45) is 5.23. The van der Waals surface area contributed by atoms with Crippen molar-refractivity contribution < 1.29 is 9.18 Å². The van der Waals surface area contributed by atoms with Gasteiger partial charge in [0.1, 0.15) is 6.29 Å². The molecule has 0 saturated carbocycles. The lowest BCUT2D eigenvalue weighted by Crippen LogP contribution is -2.41. The Morgan fingerprint density at radius 3 is 3.13 bits per heavy atom. The van der Waals surface area contributed by atoms with Crippen LogP contribution in [0.3, 0.4) is 0 Å². The Kier molecular flexibility index (Phi) is 2.94. The number of aromatic nitrogens is 1. The Hall–Kier alpha value is -1.45. The molecule has 0 aromatic carbocycles. The molecule has 2 heterocycles. The second-order valence-electron chi connectivity index (χ2n) is 3.70. The minimum Gasteiger partial charge on any atom is -0.344 e. The van der Waals surface area contributed by atoms with Gasteiger partial charge in [-0.2, -0.15) is 0 Å². The Morgan fingerprint density at radius 2 is 2.40 bits per heavy atom. The van der Waals surface area contributed by atoms with Crippen LogP contribution in [0.1, 0.15) is 19.3 Å². The van der Waals surface area contributed by atoms with E-state index in [1.807, 2.05) is 0 Å². The molecule has 3 nitrogen and oxygen atoms in total. The van der Waals surface area contributed by atoms with Gasteiger partial charge < -0.3 is 9.69 Å². The van der Waals surface area contributed by atoms with Crippen LogP contribution in [-0.2, 0) is 4.79 Å². The number of carbonyl (C=O) groups excluding carboxylic acids is 1. The summed E-state index contributed by atoms with van der Waals surface area (Å²) in [7, 11) is 0. The molecule has 1 aliphatic heterocycles. The van der Waals surface area contributed by atoms with E-state index in [0.29, 0.717) is 12.4 Å². The SMILES string of the molecule is O=CC1CCCCN1c1ncccc1F. The predicted molar refractivity (Wildman–Crippen MR) is 55.2 cm³/mol. The maximum atomic E-state index is 13.5. The molecule has 80 valence electrons. The van der Waals surface area contributed by atoms with Gasteiger partial charge >= 0.3 is 0 Å². The van der Waals surface area contributed by atoms with Crippen LogP contribution in [0.15, 0.2) is 18.3 Å². The number of hydrogen-bond donors (Lipinski definition) is 0. The zero-order chi connectivity index (χ0) is 10.7. The summed E-state index contributed by atoms with van der Waals surface area (Å²) in [4.78, 5) is 16.6. The Balaban J connectivity index is 2.28. The number of hydrogen-bond acceptors (Lipinski definition) is 3. The number of carbonyl (C=O) groups is 1. The average molecular weight is 208 g/mol. The van der Waals surface area contributed by atoms with E-state index in [4.69, 9.17) is 0 Å². The zero-order valence-corrected chi connectivity index (χ0v) is 8.40. The quantitative estimate of drug-likeness (QED) is 0.694. The highest BCUT2D eigenvalue weighted by Gasteiger charge is 2.24. The molecule has 1 aromatic heterocycles. The second-order valence-corrected chi connectivity index (χ2v) is 3.70. The van der Waals surface area contributed by atoms with Gasteiger partial charge in [0.05, 0.1) is 6.04 Å². The first-order chi connectivity index (χ1) is 7.33. The molecule has 1 saturated heterocycles. The van der Waals surface area contributed by atoms with Gasteiger partial charge in [0.25, 0.3) is 0 Å². The second kappa shape index (κ2) is 4.38. The first-order valence-corrected chi connectivity index (χ1v) is 5.15. The fraction of sp³-hybridized carbons (Fsp3) is 0.455. The minimum absolute atomic E-state index is 0.219. The van der Waals surface area contributed by atoms with Crippen molar-refractivity contribution in [3.63, 3.8) is 0 Å². The van der Waals surface area contributed by atoms with Gasteiger partial charge in [-0.05, 0) is 31.4 Å². The maximum Gasteiger partial charge on any atom is 0.165 e. The number of nitrogens with zero attached hydrogens (tertiary/aromatic N) is 2. The Bertz CT molecular complexity index is 356. The van der Waals surface area contributed by atoms with Crippen LogP contribution < -0.4 is 4.90 Å². The van der Waals surface area contributed by atoms with E-state index in [1.54, 1.807) is 17.2 Å². The smallest absolute Gasteiger partial charge is 0.165 e. The third kappa shape index (κ3) is 1.98. The van der Waals surface area contributed by atoms with Crippen LogP contribution in [0.25, 0.3) is 0 Å². The van der Waals surface area contributed by atoms with E-state index in [1.165, 1.54) is 6.07 Å². The molecular formula is C11H13FN2O. The zero-order valence-electron chi connectivity index (χ0n) is 8.40. The monoisotopic (exact) mass is 208 g/mol. The van der Waals surface area contributed by atoms with Gasteiger partial charge in [0, 0.05) is 12.7 Å². The summed E-state index contributed by atoms with van der Waals surface area (Å²) >= 11 is 0. The Morgan fingerprint density at radius 1 is 1.53 bits per heavy atom. The number of rotatable bonds is 2. The molecule has 1 aromatic rings. The largest absolute Gasteiger partial charge is 0.344 e. The lowest BCUT2D eigenvalue weighted by molar-refractivity contribution is -0.109. The summed E-state index contributed by atoms with van der Waals surface area (Å²) in [5.41, 5.74) is 0. The molecule has 0 bridgehead atoms. The van der Waals surface area contributed by atoms with Crippen LogP contribution in [0, 0.1) is 5.82 Å². The summed E-state index contributed by atoms with van der Waals surface area (Å²) < 4.78 is 13.5. The van der Waals surface area contributed by atoms with Gasteiger partial charge in [-0.1, -0.05) is 0 Å². The highest BCUT2D eigenvalue weighted by Crippen LogP contribution is 2.23. The molecule has 1 fully saturated rings. The first-order valence-electron chi connectivity index (χ1n) is 5.15. The van der Waals surface area contributed by atoms with Crippen LogP contribution in [-0.4, -0.2) is 23.9 Å². The number of pyridine rings is 1. The number of piperidine rings is 1. The van der Waals surface area contributed by atoms with E-state index in [0.717, 1.165) is 25.5 Å². The lowest BCUT2D eigenvalue weighted by atomic mass is 10.0. The van der Waals surface area contributed by atoms with Crippen molar-refractivity contribution in [1.82, 2.24) is 4.98 Å². The van der Waals surface area contributed by atoms with Crippen molar-refractivity contribution in [3.8, 4) is 0 Å². The molecule has 15 heavy (non-hydrogen) atoms. The highest BCUT2D eigenvalue weighted by atomic mass is 19.1. The molecule has 1 aliphatic rings. The van der Waals surface area contributed by atoms with Crippen LogP contribution in [0.2, 0.25) is 0 Å². The van der Waals surface area contributed by atoms with E-state index < -0.39 is 0 Å². The molecule has 0 spiro atoms. The number of halogens is 1. The topological polar surface area (TPSA) is 33.2 Å². The molecule has 2 rings (SSSR count). The fourth-order valence-electron chi connectivity index (χ4n) is 1.95. The van der Waals surface area contributed by atoms with Crippen molar-refractivity contribution in [2.75, 3.05) is 11.4 Å². The summed E-state index contributed by atoms with van der Waals surface area (Å²) in [6, 6.07) is 2.71. The fourth-order valence-corrected chi connectivity index (χ4v) is 1.95. The lowest BCUT2D eigenvalue weighted by Gasteiger charge is -2.33. The van der Waals surface area contributed by atoms with Crippen LogP contribution in [0.4, 0.5) is 10.2 Å². The molecule has 1 atom stereocenters. The molecule has 0 amide bonds. The third-order valence-electron chi connectivity index (χ3n) is 2.72. The third-order valence-corrected chi connectivity index (χ3v) is 2.72. The predicted octanol–water partition coefficient (Wildman–Crippen LogP) is 1.78. The first kappa shape index (κ1) is 10.1. The standard InChI is InChI=1S/C11H13FN2O/c12-10-5-3-6-13-11(10)14-7-2-1-4-9(14)8-15/h3,5-6,8-9H,1-2,4,7H2. The van der Waals surface area contributed by atoms with Crippen molar-refractivity contribution in [3.05, 3.63) is 24.1 Å². The highest BCUT2D eigenvalue weighted by molar-refractivity contribution is 5.65. The van der Waals surface area contributed by atoms with Gasteiger partial charge in [-0.15, -0.1) is 0 Å². The van der Waals surface area contributed by atoms with Gasteiger partial charge in [-0.25, -0.2) is 9.37 Å². The minimum atomic E-state index is -0.355. The molecule has 0 aliphatic carbocycles. The van der Waals surface area contributed by atoms with Gasteiger partial charge in [0.15, 0.2) is 11.6 Å². The molecule has 0 N–H and O–H groups in total. The van der Waals surface area contributed by atoms with E-state index >= 15 is 0 Å². The van der Waals surface area contributed by atoms with Crippen LogP contribution in [0.5, 0.6) is 0 Å². The summed E-state index contributed by atoms with van der Waals surface area (Å²) in [5.74, 6) is -0.0550. The van der Waals surface area contributed by atoms with Crippen LogP contribution >= 0.6 is 0 Å². The van der Waals surface area contributed by atoms with Crippen molar-refractivity contribution >= 4 is 12.1 Å². The van der Waals surface area contributed by atoms with E-state index in [9.17, 15) is 9.18 Å². The number of anilines is 1. The van der Waals surface area contributed by atoms with E-state index in [2.05, 4.69) is 4.98 Å². The van der Waals surface area contributed by atoms with Gasteiger partial charge in [0.2, 0.25) is 0 Å². The normalized spacial score (nSPS) is 21.4. The molecule has 4 heteroatoms. The Labute approximate surface area is 87.9 Å². The maximum absolute atomic E-state index is 13.5. The number of aldehydes is 1. The summed E-state index contributed by atoms with van der Waals surface area (Å²) in [6.45, 7) is 0.706. The molecule has 0 radical (unpaired) electrons. The molecular weight excluding hydrogens is 195 g/mol. The van der Waals surface area contributed by atoms with Crippen molar-refractivity contribution in [1.29, 1.82) is 0 Å². The average Bonchev–Trinajstić information content (AvgIpc) is 2.30. The van der Waals surface area contributed by atoms with Gasteiger partial charge in [-0.3, -0.25) is 0 Å².